The zero-order chi connectivity index (χ0) is 18.8. The van der Waals surface area contributed by atoms with E-state index in [4.69, 9.17) is 23.2 Å². The highest BCUT2D eigenvalue weighted by Gasteiger charge is 2.35. The van der Waals surface area contributed by atoms with Crippen molar-refractivity contribution < 1.29 is 14.5 Å². The van der Waals surface area contributed by atoms with Crippen LogP contribution in [0, 0.1) is 16.0 Å². The number of non-ortho nitro benzene ring substituents is 1. The molecule has 7 nitrogen and oxygen atoms in total. The Morgan fingerprint density at radius 2 is 1.96 bits per heavy atom. The molecule has 134 valence electrons. The Balaban J connectivity index is 1.72. The predicted octanol–water partition coefficient (Wildman–Crippen LogP) is 3.89. The maximum atomic E-state index is 12.4. The molecule has 1 aliphatic heterocycles. The lowest BCUT2D eigenvalue weighted by atomic mass is 10.1. The summed E-state index contributed by atoms with van der Waals surface area (Å²) in [5, 5.41) is 14.3. The van der Waals surface area contributed by atoms with E-state index in [1.807, 2.05) is 0 Å². The van der Waals surface area contributed by atoms with Gasteiger partial charge in [0, 0.05) is 30.8 Å². The smallest absolute Gasteiger partial charge is 0.271 e. The monoisotopic (exact) mass is 393 g/mol. The Hall–Kier alpha value is -2.64. The minimum atomic E-state index is -0.573. The summed E-state index contributed by atoms with van der Waals surface area (Å²) < 4.78 is 0. The molecular formula is C17H13Cl2N3O4. The fourth-order valence-electron chi connectivity index (χ4n) is 2.73. The highest BCUT2D eigenvalue weighted by molar-refractivity contribution is 6.42. The molecule has 0 bridgehead atoms. The summed E-state index contributed by atoms with van der Waals surface area (Å²) in [6, 6.07) is 10.5. The third-order valence-corrected chi connectivity index (χ3v) is 4.77. The van der Waals surface area contributed by atoms with Crippen LogP contribution in [0.1, 0.15) is 6.42 Å². The lowest BCUT2D eigenvalue weighted by Gasteiger charge is -2.16. The second-order valence-corrected chi connectivity index (χ2v) is 6.61. The van der Waals surface area contributed by atoms with Crippen molar-refractivity contribution in [3.63, 3.8) is 0 Å². The number of halogens is 2. The van der Waals surface area contributed by atoms with Crippen molar-refractivity contribution in [3.8, 4) is 0 Å². The molecule has 26 heavy (non-hydrogen) atoms. The topological polar surface area (TPSA) is 92.6 Å². The first-order valence-electron chi connectivity index (χ1n) is 7.66. The van der Waals surface area contributed by atoms with Gasteiger partial charge in [-0.1, -0.05) is 29.3 Å². The lowest BCUT2D eigenvalue weighted by Crippen LogP contribution is -2.28. The van der Waals surface area contributed by atoms with Crippen molar-refractivity contribution in [2.24, 2.45) is 5.92 Å². The van der Waals surface area contributed by atoms with Crippen molar-refractivity contribution in [1.29, 1.82) is 0 Å². The minimum absolute atomic E-state index is 0.0237. The number of carbonyl (C=O) groups is 2. The Labute approximate surface area is 158 Å². The van der Waals surface area contributed by atoms with Gasteiger partial charge in [0.15, 0.2) is 0 Å². The summed E-state index contributed by atoms with van der Waals surface area (Å²) in [5.74, 6) is -1.17. The van der Waals surface area contributed by atoms with Crippen LogP contribution in [-0.2, 0) is 9.59 Å². The molecule has 1 saturated heterocycles. The van der Waals surface area contributed by atoms with E-state index < -0.39 is 10.8 Å². The molecule has 1 fully saturated rings. The molecule has 0 aromatic heterocycles. The molecule has 2 aromatic rings. The van der Waals surface area contributed by atoms with Crippen LogP contribution >= 0.6 is 23.2 Å². The van der Waals surface area contributed by atoms with Gasteiger partial charge in [-0.05, 0) is 24.3 Å². The van der Waals surface area contributed by atoms with Gasteiger partial charge >= 0.3 is 0 Å². The molecule has 1 atom stereocenters. The average Bonchev–Trinajstić information content (AvgIpc) is 3.00. The number of rotatable bonds is 4. The van der Waals surface area contributed by atoms with E-state index in [0.717, 1.165) is 0 Å². The van der Waals surface area contributed by atoms with Gasteiger partial charge in [0.25, 0.3) is 5.69 Å². The van der Waals surface area contributed by atoms with E-state index in [1.165, 1.54) is 29.2 Å². The van der Waals surface area contributed by atoms with Gasteiger partial charge in [-0.25, -0.2) is 0 Å². The third kappa shape index (κ3) is 3.79. The first-order chi connectivity index (χ1) is 12.3. The minimum Gasteiger partial charge on any atom is -0.326 e. The van der Waals surface area contributed by atoms with Crippen LogP contribution < -0.4 is 10.2 Å². The van der Waals surface area contributed by atoms with Crippen LogP contribution in [0.25, 0.3) is 0 Å². The third-order valence-electron chi connectivity index (χ3n) is 4.04. The van der Waals surface area contributed by atoms with Gasteiger partial charge < -0.3 is 10.2 Å². The second-order valence-electron chi connectivity index (χ2n) is 5.80. The van der Waals surface area contributed by atoms with Crippen molar-refractivity contribution in [2.75, 3.05) is 16.8 Å². The normalized spacial score (nSPS) is 16.6. The molecular weight excluding hydrogens is 381 g/mol. The van der Waals surface area contributed by atoms with Crippen LogP contribution in [0.4, 0.5) is 17.1 Å². The number of carbonyl (C=O) groups excluding carboxylic acids is 2. The van der Waals surface area contributed by atoms with Crippen molar-refractivity contribution in [1.82, 2.24) is 0 Å². The summed E-state index contributed by atoms with van der Waals surface area (Å²) >= 11 is 11.8. The van der Waals surface area contributed by atoms with E-state index in [2.05, 4.69) is 5.32 Å². The molecule has 1 heterocycles. The Kier molecular flexibility index (Phi) is 5.11. The van der Waals surface area contributed by atoms with Crippen LogP contribution in [0.2, 0.25) is 10.0 Å². The standard InChI is InChI=1S/C17H13Cl2N3O4/c18-14-5-4-11(7-15(14)19)20-17(24)10-6-16(23)21(9-10)12-2-1-3-13(8-12)22(25)26/h1-5,7-8,10H,6,9H2,(H,20,24)/t10-/m1/s1. The number of anilines is 2. The van der Waals surface area contributed by atoms with E-state index in [0.29, 0.717) is 21.4 Å². The number of nitro groups is 1. The fraction of sp³-hybridized carbons (Fsp3) is 0.176. The van der Waals surface area contributed by atoms with Gasteiger partial charge in [-0.15, -0.1) is 0 Å². The summed E-state index contributed by atoms with van der Waals surface area (Å²) in [6.07, 6.45) is 0.0237. The highest BCUT2D eigenvalue weighted by atomic mass is 35.5. The molecule has 2 aromatic carbocycles. The van der Waals surface area contributed by atoms with Crippen LogP contribution in [0.3, 0.4) is 0 Å². The van der Waals surface area contributed by atoms with Crippen molar-refractivity contribution in [3.05, 3.63) is 62.6 Å². The molecule has 0 aliphatic carbocycles. The molecule has 0 radical (unpaired) electrons. The van der Waals surface area contributed by atoms with Crippen LogP contribution in [0.5, 0.6) is 0 Å². The van der Waals surface area contributed by atoms with Crippen LogP contribution in [0.15, 0.2) is 42.5 Å². The second kappa shape index (κ2) is 7.31. The van der Waals surface area contributed by atoms with Gasteiger partial charge in [-0.3, -0.25) is 19.7 Å². The van der Waals surface area contributed by atoms with Gasteiger partial charge in [0.2, 0.25) is 11.8 Å². The van der Waals surface area contributed by atoms with E-state index >= 15 is 0 Å². The van der Waals surface area contributed by atoms with Gasteiger partial charge in [0.1, 0.15) is 0 Å². The number of nitrogens with zero attached hydrogens (tertiary/aromatic N) is 2. The number of benzene rings is 2. The van der Waals surface area contributed by atoms with Crippen LogP contribution in [-0.4, -0.2) is 23.3 Å². The Morgan fingerprint density at radius 1 is 1.19 bits per heavy atom. The summed E-state index contributed by atoms with van der Waals surface area (Å²) in [6.45, 7) is 0.146. The first kappa shape index (κ1) is 18.2. The largest absolute Gasteiger partial charge is 0.326 e. The highest BCUT2D eigenvalue weighted by Crippen LogP contribution is 2.29. The SMILES string of the molecule is O=C(Nc1ccc(Cl)c(Cl)c1)[C@@H]1CC(=O)N(c2cccc([N+](=O)[O-])c2)C1. The molecule has 9 heteroatoms. The average molecular weight is 394 g/mol. The summed E-state index contributed by atoms with van der Waals surface area (Å²) in [4.78, 5) is 36.4. The van der Waals surface area contributed by atoms with E-state index in [9.17, 15) is 19.7 Å². The zero-order valence-electron chi connectivity index (χ0n) is 13.3. The lowest BCUT2D eigenvalue weighted by molar-refractivity contribution is -0.384. The first-order valence-corrected chi connectivity index (χ1v) is 8.41. The predicted molar refractivity (Wildman–Crippen MR) is 98.6 cm³/mol. The number of hydrogen-bond donors (Lipinski definition) is 1. The molecule has 2 amide bonds. The van der Waals surface area contributed by atoms with Crippen molar-refractivity contribution >= 4 is 52.1 Å². The quantitative estimate of drug-likeness (QED) is 0.629. The van der Waals surface area contributed by atoms with Crippen molar-refractivity contribution in [2.45, 2.75) is 6.42 Å². The van der Waals surface area contributed by atoms with E-state index in [1.54, 1.807) is 18.2 Å². The molecule has 0 spiro atoms. The fourth-order valence-corrected chi connectivity index (χ4v) is 3.02. The number of amides is 2. The Morgan fingerprint density at radius 3 is 2.65 bits per heavy atom. The van der Waals surface area contributed by atoms with E-state index in [-0.39, 0.29) is 30.5 Å². The van der Waals surface area contributed by atoms with Gasteiger partial charge in [0.05, 0.1) is 26.6 Å². The number of nitrogens with one attached hydrogen (secondary N) is 1. The number of nitro benzene ring substituents is 1. The molecule has 1 aliphatic rings. The molecule has 3 rings (SSSR count). The Bertz CT molecular complexity index is 903. The summed E-state index contributed by atoms with van der Waals surface area (Å²) in [5.41, 5.74) is 0.763. The molecule has 1 N–H and O–H groups in total. The summed E-state index contributed by atoms with van der Waals surface area (Å²) in [7, 11) is 0. The molecule has 0 saturated carbocycles. The maximum absolute atomic E-state index is 12.4. The maximum Gasteiger partial charge on any atom is 0.271 e. The molecule has 0 unspecified atom stereocenters. The zero-order valence-corrected chi connectivity index (χ0v) is 14.8. The number of hydrogen-bond acceptors (Lipinski definition) is 4. The van der Waals surface area contributed by atoms with Gasteiger partial charge in [-0.2, -0.15) is 0 Å².